The lowest BCUT2D eigenvalue weighted by atomic mass is 9.89. The fourth-order valence-corrected chi connectivity index (χ4v) is 3.27. The van der Waals surface area contributed by atoms with Gasteiger partial charge in [-0.15, -0.1) is 0 Å². The lowest BCUT2D eigenvalue weighted by Gasteiger charge is -2.28. The maximum Gasteiger partial charge on any atom is 0.231 e. The molecule has 112 valence electrons. The maximum atomic E-state index is 9.75. The van der Waals surface area contributed by atoms with Crippen molar-refractivity contribution in [1.29, 1.82) is 0 Å². The third-order valence-electron chi connectivity index (χ3n) is 4.36. The molecule has 0 radical (unpaired) electrons. The fraction of sp³-hybridized carbons (Fsp3) is 0.250. The SMILES string of the molecule is Oc1cc2c(cc1O)[C@@H]1Oc3cc4c(cc3[C@@H]1CO2)OCO4. The van der Waals surface area contributed by atoms with E-state index in [1.165, 1.54) is 12.1 Å². The summed E-state index contributed by atoms with van der Waals surface area (Å²) in [6, 6.07) is 6.67. The van der Waals surface area contributed by atoms with E-state index < -0.39 is 0 Å². The van der Waals surface area contributed by atoms with Gasteiger partial charge in [0.15, 0.2) is 23.0 Å². The van der Waals surface area contributed by atoms with Crippen molar-refractivity contribution in [2.75, 3.05) is 13.4 Å². The molecule has 3 aliphatic heterocycles. The maximum absolute atomic E-state index is 9.75. The highest BCUT2D eigenvalue weighted by Crippen LogP contribution is 2.55. The van der Waals surface area contributed by atoms with E-state index in [0.717, 1.165) is 16.9 Å². The number of phenolic OH excluding ortho intramolecular Hbond substituents is 2. The largest absolute Gasteiger partial charge is 0.504 e. The molecule has 0 amide bonds. The van der Waals surface area contributed by atoms with E-state index in [4.69, 9.17) is 18.9 Å². The predicted molar refractivity (Wildman–Crippen MR) is 73.9 cm³/mol. The van der Waals surface area contributed by atoms with Gasteiger partial charge in [-0.25, -0.2) is 0 Å². The average molecular weight is 300 g/mol. The molecule has 2 atom stereocenters. The summed E-state index contributed by atoms with van der Waals surface area (Å²) in [7, 11) is 0. The van der Waals surface area contributed by atoms with Gasteiger partial charge in [-0.2, -0.15) is 0 Å². The van der Waals surface area contributed by atoms with Crippen molar-refractivity contribution in [2.45, 2.75) is 12.0 Å². The standard InChI is InChI=1S/C16H12O6/c17-10-1-8-12(3-11(10)18)19-5-9-7-2-14-15(21-6-20-14)4-13(7)22-16(8)9/h1-4,9,16-18H,5-6H2/t9-,16-/m0/s1. The van der Waals surface area contributed by atoms with Crippen molar-refractivity contribution >= 4 is 0 Å². The molecular formula is C16H12O6. The number of rotatable bonds is 0. The van der Waals surface area contributed by atoms with Gasteiger partial charge in [-0.05, 0) is 12.1 Å². The highest BCUT2D eigenvalue weighted by molar-refractivity contribution is 5.59. The zero-order valence-corrected chi connectivity index (χ0v) is 11.4. The molecule has 0 saturated carbocycles. The topological polar surface area (TPSA) is 77.4 Å². The van der Waals surface area contributed by atoms with Crippen LogP contribution < -0.4 is 18.9 Å². The number of aromatic hydroxyl groups is 2. The smallest absolute Gasteiger partial charge is 0.231 e. The third-order valence-corrected chi connectivity index (χ3v) is 4.36. The molecule has 2 aromatic carbocycles. The van der Waals surface area contributed by atoms with Crippen LogP contribution in [0.4, 0.5) is 0 Å². The van der Waals surface area contributed by atoms with Gasteiger partial charge >= 0.3 is 0 Å². The van der Waals surface area contributed by atoms with E-state index in [1.54, 1.807) is 0 Å². The van der Waals surface area contributed by atoms with Gasteiger partial charge in [0.25, 0.3) is 0 Å². The van der Waals surface area contributed by atoms with Crippen molar-refractivity contribution in [3.05, 3.63) is 35.4 Å². The van der Waals surface area contributed by atoms with Gasteiger partial charge in [0.1, 0.15) is 17.6 Å². The first-order valence-corrected chi connectivity index (χ1v) is 6.99. The molecule has 2 N–H and O–H groups in total. The summed E-state index contributed by atoms with van der Waals surface area (Å²) in [6.45, 7) is 0.660. The van der Waals surface area contributed by atoms with Crippen LogP contribution in [0.5, 0.6) is 34.5 Å². The highest BCUT2D eigenvalue weighted by Gasteiger charge is 2.42. The summed E-state index contributed by atoms with van der Waals surface area (Å²) in [5, 5.41) is 19.3. The second-order valence-electron chi connectivity index (χ2n) is 5.58. The Balaban J connectivity index is 1.62. The Bertz CT molecular complexity index is 800. The van der Waals surface area contributed by atoms with Crippen LogP contribution in [0.25, 0.3) is 0 Å². The van der Waals surface area contributed by atoms with Crippen LogP contribution >= 0.6 is 0 Å². The lowest BCUT2D eigenvalue weighted by Crippen LogP contribution is -2.23. The van der Waals surface area contributed by atoms with Gasteiger partial charge in [0.2, 0.25) is 6.79 Å². The second kappa shape index (κ2) is 3.91. The monoisotopic (exact) mass is 300 g/mol. The number of phenols is 2. The molecule has 6 heteroatoms. The van der Waals surface area contributed by atoms with E-state index in [9.17, 15) is 10.2 Å². The first kappa shape index (κ1) is 11.9. The van der Waals surface area contributed by atoms with Crippen LogP contribution in [0.15, 0.2) is 24.3 Å². The van der Waals surface area contributed by atoms with E-state index in [1.807, 2.05) is 12.1 Å². The molecular weight excluding hydrogens is 288 g/mol. The number of benzene rings is 2. The zero-order chi connectivity index (χ0) is 14.8. The highest BCUT2D eigenvalue weighted by atomic mass is 16.7. The molecule has 5 rings (SSSR count). The normalized spacial score (nSPS) is 23.1. The number of hydrogen-bond acceptors (Lipinski definition) is 6. The molecule has 3 heterocycles. The van der Waals surface area contributed by atoms with E-state index in [0.29, 0.717) is 23.9 Å². The van der Waals surface area contributed by atoms with Crippen LogP contribution in [0.1, 0.15) is 23.1 Å². The number of fused-ring (bicyclic) bond motifs is 6. The summed E-state index contributed by atoms with van der Waals surface area (Å²) >= 11 is 0. The Hall–Kier alpha value is -2.76. The van der Waals surface area contributed by atoms with Gasteiger partial charge in [-0.1, -0.05) is 0 Å². The van der Waals surface area contributed by atoms with Crippen LogP contribution in [0.2, 0.25) is 0 Å². The summed E-state index contributed by atoms with van der Waals surface area (Å²) < 4.78 is 22.6. The fourth-order valence-electron chi connectivity index (χ4n) is 3.27. The molecule has 0 bridgehead atoms. The predicted octanol–water partition coefficient (Wildman–Crippen LogP) is 2.44. The molecule has 0 unspecified atom stereocenters. The van der Waals surface area contributed by atoms with Gasteiger partial charge in [0, 0.05) is 23.3 Å². The minimum Gasteiger partial charge on any atom is -0.504 e. The van der Waals surface area contributed by atoms with Crippen molar-refractivity contribution in [3.8, 4) is 34.5 Å². The molecule has 0 saturated heterocycles. The first-order valence-electron chi connectivity index (χ1n) is 6.99. The van der Waals surface area contributed by atoms with Crippen LogP contribution in [0.3, 0.4) is 0 Å². The van der Waals surface area contributed by atoms with Gasteiger partial charge < -0.3 is 29.2 Å². The van der Waals surface area contributed by atoms with Crippen molar-refractivity contribution in [3.63, 3.8) is 0 Å². The van der Waals surface area contributed by atoms with Crippen LogP contribution in [-0.2, 0) is 0 Å². The second-order valence-corrected chi connectivity index (χ2v) is 5.58. The van der Waals surface area contributed by atoms with Crippen LogP contribution in [0, 0.1) is 0 Å². The molecule has 0 aliphatic carbocycles. The van der Waals surface area contributed by atoms with E-state index in [-0.39, 0.29) is 30.3 Å². The molecule has 0 spiro atoms. The number of hydrogen-bond donors (Lipinski definition) is 2. The zero-order valence-electron chi connectivity index (χ0n) is 11.4. The van der Waals surface area contributed by atoms with Gasteiger partial charge in [0.05, 0.1) is 12.5 Å². The summed E-state index contributed by atoms with van der Waals surface area (Å²) in [6.07, 6.45) is -0.257. The van der Waals surface area contributed by atoms with E-state index >= 15 is 0 Å². The van der Waals surface area contributed by atoms with Crippen molar-refractivity contribution in [2.24, 2.45) is 0 Å². The quantitative estimate of drug-likeness (QED) is 0.728. The van der Waals surface area contributed by atoms with E-state index in [2.05, 4.69) is 0 Å². The summed E-state index contributed by atoms with van der Waals surface area (Å²) in [4.78, 5) is 0. The molecule has 0 fully saturated rings. The van der Waals surface area contributed by atoms with Gasteiger partial charge in [-0.3, -0.25) is 0 Å². The number of ether oxygens (including phenoxy) is 4. The van der Waals surface area contributed by atoms with Crippen molar-refractivity contribution < 1.29 is 29.2 Å². The Morgan fingerprint density at radius 3 is 2.41 bits per heavy atom. The Morgan fingerprint density at radius 2 is 1.55 bits per heavy atom. The Kier molecular flexibility index (Phi) is 2.11. The van der Waals surface area contributed by atoms with Crippen molar-refractivity contribution in [1.82, 2.24) is 0 Å². The lowest BCUT2D eigenvalue weighted by molar-refractivity contribution is 0.137. The first-order chi connectivity index (χ1) is 10.7. The molecule has 2 aromatic rings. The Labute approximate surface area is 125 Å². The molecule has 3 aliphatic rings. The summed E-state index contributed by atoms with van der Waals surface area (Å²) in [5.41, 5.74) is 1.73. The summed E-state index contributed by atoms with van der Waals surface area (Å²) in [5.74, 6) is 2.29. The minimum absolute atomic E-state index is 0.0148. The average Bonchev–Trinajstić information content (AvgIpc) is 3.09. The van der Waals surface area contributed by atoms with Crippen LogP contribution in [-0.4, -0.2) is 23.6 Å². The molecule has 6 nitrogen and oxygen atoms in total. The third kappa shape index (κ3) is 1.44. The Morgan fingerprint density at radius 1 is 0.773 bits per heavy atom. The molecule has 0 aromatic heterocycles. The minimum atomic E-state index is -0.257. The molecule has 22 heavy (non-hydrogen) atoms.